The van der Waals surface area contributed by atoms with Crippen LogP contribution < -0.4 is 0 Å². The van der Waals surface area contributed by atoms with E-state index in [0.717, 1.165) is 0 Å². The molecule has 0 spiro atoms. The number of hydrogen-bond acceptors (Lipinski definition) is 4. The van der Waals surface area contributed by atoms with Crippen molar-refractivity contribution in [1.29, 1.82) is 0 Å². The standard InChI is InChI=1S/C11H15N3O4/c1-6-8(5-13(2)12-6)10(16)14-4-7(15)3-9(14)11(17)18/h5,7,9,15H,3-4H2,1-2H3,(H,17,18)/t7-,9-/m0/s1. The number of hydrogen-bond donors (Lipinski definition) is 2. The Balaban J connectivity index is 2.28. The van der Waals surface area contributed by atoms with Crippen molar-refractivity contribution in [3.8, 4) is 0 Å². The highest BCUT2D eigenvalue weighted by Gasteiger charge is 2.39. The fourth-order valence-corrected chi connectivity index (χ4v) is 2.24. The molecule has 1 aliphatic rings. The van der Waals surface area contributed by atoms with E-state index in [2.05, 4.69) is 5.10 Å². The van der Waals surface area contributed by atoms with Gasteiger partial charge in [-0.05, 0) is 6.92 Å². The van der Waals surface area contributed by atoms with E-state index in [9.17, 15) is 14.7 Å². The molecular formula is C11H15N3O4. The Morgan fingerprint density at radius 3 is 2.67 bits per heavy atom. The van der Waals surface area contributed by atoms with Gasteiger partial charge in [-0.2, -0.15) is 5.10 Å². The molecule has 0 saturated carbocycles. The number of carboxylic acids is 1. The van der Waals surface area contributed by atoms with E-state index in [1.54, 1.807) is 20.2 Å². The number of likely N-dealkylation sites (tertiary alicyclic amines) is 1. The van der Waals surface area contributed by atoms with Gasteiger partial charge in [-0.3, -0.25) is 9.48 Å². The van der Waals surface area contributed by atoms with Crippen LogP contribution in [-0.2, 0) is 11.8 Å². The molecule has 0 unspecified atom stereocenters. The predicted molar refractivity (Wildman–Crippen MR) is 61.0 cm³/mol. The minimum atomic E-state index is -1.10. The van der Waals surface area contributed by atoms with Crippen LogP contribution in [0, 0.1) is 6.92 Å². The SMILES string of the molecule is Cc1nn(C)cc1C(=O)N1C[C@@H](O)C[C@H]1C(=O)O. The summed E-state index contributed by atoms with van der Waals surface area (Å²) >= 11 is 0. The molecule has 0 radical (unpaired) electrons. The van der Waals surface area contributed by atoms with Crippen molar-refractivity contribution < 1.29 is 19.8 Å². The number of aliphatic carboxylic acids is 1. The fraction of sp³-hybridized carbons (Fsp3) is 0.545. The van der Waals surface area contributed by atoms with E-state index < -0.39 is 24.0 Å². The maximum Gasteiger partial charge on any atom is 0.326 e. The molecule has 7 heteroatoms. The summed E-state index contributed by atoms with van der Waals surface area (Å²) in [6.07, 6.45) is 0.841. The van der Waals surface area contributed by atoms with Crippen LogP contribution in [0.5, 0.6) is 0 Å². The second kappa shape index (κ2) is 4.41. The Kier molecular flexibility index (Phi) is 3.08. The molecule has 1 aliphatic heterocycles. The number of aryl methyl sites for hydroxylation is 2. The first kappa shape index (κ1) is 12.6. The lowest BCUT2D eigenvalue weighted by Crippen LogP contribution is -2.40. The number of carboxylic acid groups (broad SMARTS) is 1. The highest BCUT2D eigenvalue weighted by Crippen LogP contribution is 2.21. The van der Waals surface area contributed by atoms with Gasteiger partial charge in [-0.15, -0.1) is 0 Å². The second-order valence-corrected chi connectivity index (χ2v) is 4.50. The van der Waals surface area contributed by atoms with Gasteiger partial charge in [-0.1, -0.05) is 0 Å². The van der Waals surface area contributed by atoms with Crippen molar-refractivity contribution in [2.75, 3.05) is 6.54 Å². The molecule has 1 aromatic rings. The molecule has 0 bridgehead atoms. The molecule has 2 atom stereocenters. The van der Waals surface area contributed by atoms with E-state index in [4.69, 9.17) is 5.11 Å². The molecule has 2 heterocycles. The number of aromatic nitrogens is 2. The number of aliphatic hydroxyl groups is 1. The van der Waals surface area contributed by atoms with Crippen molar-refractivity contribution in [2.45, 2.75) is 25.5 Å². The summed E-state index contributed by atoms with van der Waals surface area (Å²) in [4.78, 5) is 24.5. The second-order valence-electron chi connectivity index (χ2n) is 4.50. The summed E-state index contributed by atoms with van der Waals surface area (Å²) < 4.78 is 1.50. The number of β-amino-alcohol motifs (C(OH)–C–C–N with tert-alkyl or cyclic N) is 1. The third kappa shape index (κ3) is 2.08. The average Bonchev–Trinajstić information content (AvgIpc) is 2.81. The zero-order chi connectivity index (χ0) is 13.4. The monoisotopic (exact) mass is 253 g/mol. The minimum absolute atomic E-state index is 0.0458. The van der Waals surface area contributed by atoms with Gasteiger partial charge < -0.3 is 15.1 Å². The quantitative estimate of drug-likeness (QED) is 0.733. The summed E-state index contributed by atoms with van der Waals surface area (Å²) in [5.74, 6) is -1.49. The summed E-state index contributed by atoms with van der Waals surface area (Å²) in [5, 5.41) is 22.6. The smallest absolute Gasteiger partial charge is 0.326 e. The third-order valence-corrected chi connectivity index (χ3v) is 3.07. The molecule has 98 valence electrons. The number of rotatable bonds is 2. The van der Waals surface area contributed by atoms with E-state index in [-0.39, 0.29) is 13.0 Å². The Morgan fingerprint density at radius 2 is 2.17 bits per heavy atom. The van der Waals surface area contributed by atoms with Crippen LogP contribution in [0.15, 0.2) is 6.20 Å². The highest BCUT2D eigenvalue weighted by atomic mass is 16.4. The van der Waals surface area contributed by atoms with Gasteiger partial charge in [0.1, 0.15) is 6.04 Å². The first-order valence-electron chi connectivity index (χ1n) is 5.62. The number of nitrogens with zero attached hydrogens (tertiary/aromatic N) is 3. The van der Waals surface area contributed by atoms with Crippen molar-refractivity contribution in [3.63, 3.8) is 0 Å². The van der Waals surface area contributed by atoms with E-state index >= 15 is 0 Å². The van der Waals surface area contributed by atoms with Gasteiger partial charge >= 0.3 is 5.97 Å². The molecule has 2 N–H and O–H groups in total. The molecule has 0 aliphatic carbocycles. The molecule has 7 nitrogen and oxygen atoms in total. The maximum atomic E-state index is 12.2. The maximum absolute atomic E-state index is 12.2. The average molecular weight is 253 g/mol. The molecule has 0 aromatic carbocycles. The van der Waals surface area contributed by atoms with Crippen LogP contribution in [0.4, 0.5) is 0 Å². The Labute approximate surface area is 104 Å². The lowest BCUT2D eigenvalue weighted by Gasteiger charge is -2.20. The lowest BCUT2D eigenvalue weighted by molar-refractivity contribution is -0.141. The molecule has 1 saturated heterocycles. The molecule has 1 fully saturated rings. The fourth-order valence-electron chi connectivity index (χ4n) is 2.24. The third-order valence-electron chi connectivity index (χ3n) is 3.07. The van der Waals surface area contributed by atoms with Gasteiger partial charge in [0.2, 0.25) is 0 Å². The lowest BCUT2D eigenvalue weighted by atomic mass is 10.2. The summed E-state index contributed by atoms with van der Waals surface area (Å²) in [5.41, 5.74) is 0.922. The van der Waals surface area contributed by atoms with Crippen LogP contribution in [0.2, 0.25) is 0 Å². The van der Waals surface area contributed by atoms with Gasteiger partial charge in [0.05, 0.1) is 17.4 Å². The van der Waals surface area contributed by atoms with Gasteiger partial charge in [0.25, 0.3) is 5.91 Å². The Hall–Kier alpha value is -1.89. The Morgan fingerprint density at radius 1 is 1.50 bits per heavy atom. The first-order chi connectivity index (χ1) is 8.40. The van der Waals surface area contributed by atoms with Crippen molar-refractivity contribution in [1.82, 2.24) is 14.7 Å². The predicted octanol–water partition coefficient (Wildman–Crippen LogP) is -0.611. The topological polar surface area (TPSA) is 95.7 Å². The van der Waals surface area contributed by atoms with E-state index in [1.165, 1.54) is 9.58 Å². The van der Waals surface area contributed by atoms with Gasteiger partial charge in [0, 0.05) is 26.2 Å². The van der Waals surface area contributed by atoms with Crippen molar-refractivity contribution in [2.24, 2.45) is 7.05 Å². The summed E-state index contributed by atoms with van der Waals surface area (Å²) in [7, 11) is 1.69. The number of amides is 1. The normalized spacial score (nSPS) is 23.4. The molecule has 18 heavy (non-hydrogen) atoms. The van der Waals surface area contributed by atoms with Gasteiger partial charge in [-0.25, -0.2) is 4.79 Å². The molecule has 2 rings (SSSR count). The van der Waals surface area contributed by atoms with E-state index in [1.807, 2.05) is 0 Å². The summed E-state index contributed by atoms with van der Waals surface area (Å²) in [6.45, 7) is 1.74. The number of carbonyl (C=O) groups is 2. The zero-order valence-corrected chi connectivity index (χ0v) is 10.2. The number of aliphatic hydroxyl groups excluding tert-OH is 1. The summed E-state index contributed by atoms with van der Waals surface area (Å²) in [6, 6.07) is -0.966. The molecule has 1 amide bonds. The molecular weight excluding hydrogens is 238 g/mol. The van der Waals surface area contributed by atoms with Crippen LogP contribution in [-0.4, -0.2) is 55.5 Å². The van der Waals surface area contributed by atoms with Crippen LogP contribution in [0.3, 0.4) is 0 Å². The highest BCUT2D eigenvalue weighted by molar-refractivity contribution is 5.97. The van der Waals surface area contributed by atoms with Crippen molar-refractivity contribution in [3.05, 3.63) is 17.5 Å². The molecule has 1 aromatic heterocycles. The van der Waals surface area contributed by atoms with Gasteiger partial charge in [0.15, 0.2) is 0 Å². The van der Waals surface area contributed by atoms with Crippen molar-refractivity contribution >= 4 is 11.9 Å². The van der Waals surface area contributed by atoms with Crippen LogP contribution in [0.1, 0.15) is 22.5 Å². The minimum Gasteiger partial charge on any atom is -0.480 e. The van der Waals surface area contributed by atoms with E-state index in [0.29, 0.717) is 11.3 Å². The first-order valence-corrected chi connectivity index (χ1v) is 5.62. The van der Waals surface area contributed by atoms with Crippen LogP contribution >= 0.6 is 0 Å². The van der Waals surface area contributed by atoms with Crippen LogP contribution in [0.25, 0.3) is 0 Å². The zero-order valence-electron chi connectivity index (χ0n) is 10.2. The number of carbonyl (C=O) groups excluding carboxylic acids is 1. The Bertz CT molecular complexity index is 496. The largest absolute Gasteiger partial charge is 0.480 e.